The van der Waals surface area contributed by atoms with Crippen LogP contribution in [0.2, 0.25) is 157 Å². The molecule has 0 amide bonds. The molecule has 3 rings (SSSR count). The Hall–Kier alpha value is 4.56. The monoisotopic (exact) mass is 2170 g/mol. The number of aromatic nitrogens is 2. The third-order valence-electron chi connectivity index (χ3n) is 17.0. The Balaban J connectivity index is 3.06. The van der Waals surface area contributed by atoms with E-state index in [1.807, 2.05) is 0 Å². The Bertz CT molecular complexity index is 2590. The predicted octanol–water partition coefficient (Wildman–Crippen LogP) is 22.4. The fourth-order valence-electron chi connectivity index (χ4n) is 15.2. The molecular formula is C62H136N8P4Pb4Si8. The fourth-order valence-corrected chi connectivity index (χ4v) is 218. The molecule has 0 saturated carbocycles. The van der Waals surface area contributed by atoms with Crippen molar-refractivity contribution in [3.8, 4) is 0 Å². The van der Waals surface area contributed by atoms with Gasteiger partial charge in [-0.05, 0) is 0 Å². The van der Waals surface area contributed by atoms with Gasteiger partial charge in [0.25, 0.3) is 0 Å². The minimum absolute atomic E-state index is 0.124. The average Bonchev–Trinajstić information content (AvgIpc) is 0.661. The van der Waals surface area contributed by atoms with Gasteiger partial charge in [-0.1, -0.05) is 0 Å². The summed E-state index contributed by atoms with van der Waals surface area (Å²) in [5.41, 5.74) is 9.98. The molecule has 2 aromatic heterocycles. The molecule has 0 bridgehead atoms. The van der Waals surface area contributed by atoms with Crippen molar-refractivity contribution >= 4 is 192 Å². The Morgan fingerprint density at radius 2 is 0.570 bits per heavy atom. The summed E-state index contributed by atoms with van der Waals surface area (Å²) < 4.78 is 34.3. The van der Waals surface area contributed by atoms with Gasteiger partial charge in [0.05, 0.1) is 0 Å². The van der Waals surface area contributed by atoms with E-state index in [-0.39, 0.29) is 0.549 Å². The zero-order chi connectivity index (χ0) is 67.6. The van der Waals surface area contributed by atoms with Gasteiger partial charge in [-0.3, -0.25) is 0 Å². The normalized spacial score (nSPS) is 19.7. The van der Waals surface area contributed by atoms with Gasteiger partial charge in [-0.15, -0.1) is 0 Å². The first-order chi connectivity index (χ1) is 38.2. The van der Waals surface area contributed by atoms with Crippen molar-refractivity contribution in [2.45, 2.75) is 320 Å². The summed E-state index contributed by atoms with van der Waals surface area (Å²) in [6.45, 7) is 105. The van der Waals surface area contributed by atoms with E-state index in [1.54, 1.807) is 0 Å². The van der Waals surface area contributed by atoms with Crippen LogP contribution in [-0.4, -0.2) is 223 Å². The summed E-state index contributed by atoms with van der Waals surface area (Å²) in [7, 11) is -22.9. The van der Waals surface area contributed by atoms with Crippen LogP contribution in [0.15, 0.2) is 54.0 Å². The summed E-state index contributed by atoms with van der Waals surface area (Å²) >= 11 is -7.46. The quantitative estimate of drug-likeness (QED) is 0.0628. The number of rotatable bonds is 28. The zero-order valence-corrected chi connectivity index (χ0v) is 90.7. The fraction of sp³-hybridized carbons (Fsp3) is 0.839. The molecule has 492 valence electrons. The Labute approximate surface area is 594 Å². The van der Waals surface area contributed by atoms with Gasteiger partial charge in [-0.2, -0.15) is 0 Å². The molecule has 2 aromatic rings. The van der Waals surface area contributed by atoms with Gasteiger partial charge >= 0.3 is 603 Å². The molecule has 2 unspecified atom stereocenters. The first-order valence-corrected chi connectivity index (χ1v) is 84.3. The van der Waals surface area contributed by atoms with Gasteiger partial charge in [0.15, 0.2) is 0 Å². The first kappa shape index (κ1) is 84.8. The molecular weight excluding hydrogens is 2030 g/mol. The van der Waals surface area contributed by atoms with E-state index in [2.05, 4.69) is 308 Å². The van der Waals surface area contributed by atoms with Gasteiger partial charge < -0.3 is 0 Å². The summed E-state index contributed by atoms with van der Waals surface area (Å²) in [6.07, 6.45) is 0. The van der Waals surface area contributed by atoms with Crippen LogP contribution in [-0.2, 0) is 0.549 Å². The van der Waals surface area contributed by atoms with E-state index in [1.165, 1.54) is 22.8 Å². The predicted molar refractivity (Wildman–Crippen MR) is 429 cm³/mol. The Kier molecular flexibility index (Phi) is 29.8. The molecule has 86 heavy (non-hydrogen) atoms. The number of nitrogens with zero attached hydrogens (tertiary/aromatic N) is 8. The molecule has 3 heterocycles. The molecule has 0 N–H and O–H groups in total. The summed E-state index contributed by atoms with van der Waals surface area (Å²) in [5.74, 6) is 0. The van der Waals surface area contributed by atoms with Crippen molar-refractivity contribution in [3.63, 3.8) is 0 Å². The Morgan fingerprint density at radius 3 is 0.744 bits per heavy atom. The van der Waals surface area contributed by atoms with Crippen LogP contribution in [0.1, 0.15) is 140 Å². The van der Waals surface area contributed by atoms with Crippen molar-refractivity contribution in [3.05, 3.63) is 59.2 Å². The van der Waals surface area contributed by atoms with Crippen LogP contribution < -0.4 is 0 Å². The molecule has 8 nitrogen and oxygen atoms in total. The number of hydrogen-bond acceptors (Lipinski definition) is 8. The van der Waals surface area contributed by atoms with Crippen LogP contribution in [0.4, 0.5) is 0 Å². The van der Waals surface area contributed by atoms with Crippen molar-refractivity contribution in [2.75, 3.05) is 0 Å². The third kappa shape index (κ3) is 18.7. The van der Waals surface area contributed by atoms with Gasteiger partial charge in [-0.25, -0.2) is 0 Å². The molecule has 1 aliphatic rings. The second kappa shape index (κ2) is 30.2. The summed E-state index contributed by atoms with van der Waals surface area (Å²) in [4.78, 5) is 13.5. The van der Waals surface area contributed by atoms with E-state index in [9.17, 15) is 0 Å². The third-order valence-corrected chi connectivity index (χ3v) is 164. The molecule has 1 saturated heterocycles. The second-order valence-electron chi connectivity index (χ2n) is 35.9. The summed E-state index contributed by atoms with van der Waals surface area (Å²) in [6, 6.07) is 15.7. The van der Waals surface area contributed by atoms with Gasteiger partial charge in [0, 0.05) is 0 Å². The van der Waals surface area contributed by atoms with Crippen LogP contribution in [0, 0.1) is 0 Å². The van der Waals surface area contributed by atoms with Crippen LogP contribution >= 0.6 is 28.2 Å². The Morgan fingerprint density at radius 1 is 0.349 bits per heavy atom. The molecule has 0 aliphatic carbocycles. The zero-order valence-electron chi connectivity index (χ0n) is 63.6. The SMILES string of the molecule is CC(C)P(=N[Si](C)(C)C)(C(C)C)[CH]([Pb][N]([Si](C)(C)C)[Si](C)(C)C)c1cccc([C]2(P(=N[Si](C)(C)C)(C(C)C)C(C)C)[Pb][C](c3cccc([CH]([Pb][N]([Si](C)(C)C)[Si](C)(C)C)P(=N[Si](C)(C)C)(C(C)C)C(C)C)n3)(P(=N[Si](C)(C)C)(C(C)C)C(C)C)[Pb]2)n1. The van der Waals surface area contributed by atoms with E-state index in [0.29, 0.717) is 51.7 Å². The van der Waals surface area contributed by atoms with E-state index >= 15 is 0 Å². The topological polar surface area (TPSA) is 81.7 Å². The van der Waals surface area contributed by atoms with E-state index in [4.69, 9.17) is 27.6 Å². The standard InChI is InChI=1S/2C25H50N3P2Si2.2C6H18NSi2.4Pb/c2*1-20(2)29(21(3)4,27-31(9,10)11)18-24-16-15-17-25(26-24)19-30(22(5)6,23(7)8)28-32(12,13)14;2*1-8(2,3)7-9(4,5)6;;;;/h2*15-18,20-23H,1-14H3;2*1-6H3;;;;/q;;2*-1;;;2*+1. The maximum atomic E-state index is 6.78. The second-order valence-corrected chi connectivity index (χ2v) is 149. The molecule has 8 radical (unpaired) electrons. The van der Waals surface area contributed by atoms with Gasteiger partial charge in [0.1, 0.15) is 0 Å². The van der Waals surface area contributed by atoms with Crippen LogP contribution in [0.3, 0.4) is 0 Å². The maximum absolute atomic E-state index is 6.78. The number of pyridine rings is 2. The molecule has 1 aliphatic heterocycles. The molecule has 2 atom stereocenters. The first-order valence-electron chi connectivity index (χ1n) is 33.3. The van der Waals surface area contributed by atoms with Crippen LogP contribution in [0.5, 0.6) is 0 Å². The number of hydrogen-bond donors (Lipinski definition) is 0. The van der Waals surface area contributed by atoms with E-state index in [0.717, 1.165) is 0 Å². The van der Waals surface area contributed by atoms with Crippen LogP contribution in [0.25, 0.3) is 0 Å². The van der Waals surface area contributed by atoms with Crippen molar-refractivity contribution in [1.29, 1.82) is 0 Å². The van der Waals surface area contributed by atoms with E-state index < -0.39 is 192 Å². The van der Waals surface area contributed by atoms with Crippen molar-refractivity contribution < 1.29 is 0 Å². The van der Waals surface area contributed by atoms with Gasteiger partial charge in [0.2, 0.25) is 0 Å². The molecule has 0 aromatic carbocycles. The summed E-state index contributed by atoms with van der Waals surface area (Å²) in [5, 5.41) is 0. The average molecular weight is 2170 g/mol. The van der Waals surface area contributed by atoms with Crippen molar-refractivity contribution in [2.24, 2.45) is 17.6 Å². The minimum atomic E-state index is -2.13. The molecule has 1 fully saturated rings. The molecule has 0 spiro atoms. The van der Waals surface area contributed by atoms with Crippen molar-refractivity contribution in [1.82, 2.24) is 14.0 Å². The molecule has 24 heteroatoms.